The Kier molecular flexibility index (Phi) is 4.93. The summed E-state index contributed by atoms with van der Waals surface area (Å²) in [5.74, 6) is 2.10. The summed E-state index contributed by atoms with van der Waals surface area (Å²) in [6, 6.07) is 3.51. The van der Waals surface area contributed by atoms with E-state index in [2.05, 4.69) is 16.0 Å². The third kappa shape index (κ3) is 4.01. The molecule has 0 aliphatic heterocycles. The van der Waals surface area contributed by atoms with Crippen molar-refractivity contribution in [3.8, 4) is 0 Å². The van der Waals surface area contributed by atoms with Gasteiger partial charge in [-0.2, -0.15) is 0 Å². The lowest BCUT2D eigenvalue weighted by Gasteiger charge is -2.55. The van der Waals surface area contributed by atoms with Crippen LogP contribution in [0.3, 0.4) is 0 Å². The summed E-state index contributed by atoms with van der Waals surface area (Å²) in [6.07, 6.45) is 8.29. The number of hydrogen-bond acceptors (Lipinski definition) is 4. The average molecular weight is 373 g/mol. The lowest BCUT2D eigenvalue weighted by Crippen LogP contribution is -2.54. The fourth-order valence-electron chi connectivity index (χ4n) is 5.64. The summed E-state index contributed by atoms with van der Waals surface area (Å²) in [4.78, 5) is 36.5. The summed E-state index contributed by atoms with van der Waals surface area (Å²) >= 11 is 0. The molecule has 4 bridgehead atoms. The molecule has 3 amide bonds. The molecule has 0 saturated heterocycles. The number of furan rings is 1. The van der Waals surface area contributed by atoms with E-state index in [0.29, 0.717) is 23.5 Å². The first-order valence-corrected chi connectivity index (χ1v) is 9.86. The number of nitrogens with one attached hydrogen (secondary N) is 3. The van der Waals surface area contributed by atoms with E-state index in [4.69, 9.17) is 4.42 Å². The highest BCUT2D eigenvalue weighted by atomic mass is 16.3. The first-order chi connectivity index (χ1) is 13.0. The van der Waals surface area contributed by atoms with E-state index in [1.807, 2.05) is 0 Å². The van der Waals surface area contributed by atoms with Gasteiger partial charge in [-0.3, -0.25) is 14.4 Å². The van der Waals surface area contributed by atoms with Crippen LogP contribution < -0.4 is 16.0 Å². The summed E-state index contributed by atoms with van der Waals surface area (Å²) in [5.41, 5.74) is -0.255. The van der Waals surface area contributed by atoms with Crippen molar-refractivity contribution >= 4 is 17.7 Å². The number of carbonyl (C=O) groups is 3. The van der Waals surface area contributed by atoms with Crippen LogP contribution in [-0.4, -0.2) is 30.8 Å². The minimum absolute atomic E-state index is 0.0269. The Bertz CT molecular complexity index is 678. The Morgan fingerprint density at radius 3 is 2.11 bits per heavy atom. The van der Waals surface area contributed by atoms with E-state index in [9.17, 15) is 14.4 Å². The molecule has 1 aromatic rings. The van der Waals surface area contributed by atoms with Gasteiger partial charge in [-0.05, 0) is 68.4 Å². The van der Waals surface area contributed by atoms with Gasteiger partial charge in [0, 0.05) is 5.41 Å². The van der Waals surface area contributed by atoms with Gasteiger partial charge in [0.05, 0.1) is 25.9 Å². The number of carbonyl (C=O) groups excluding carboxylic acids is 3. The highest BCUT2D eigenvalue weighted by molar-refractivity contribution is 5.90. The average Bonchev–Trinajstić information content (AvgIpc) is 3.15. The second kappa shape index (κ2) is 7.37. The van der Waals surface area contributed by atoms with Crippen molar-refractivity contribution in [1.29, 1.82) is 0 Å². The van der Waals surface area contributed by atoms with Crippen molar-refractivity contribution < 1.29 is 18.8 Å². The van der Waals surface area contributed by atoms with Crippen molar-refractivity contribution in [2.75, 3.05) is 13.1 Å². The highest BCUT2D eigenvalue weighted by Crippen LogP contribution is 2.60. The zero-order valence-corrected chi connectivity index (χ0v) is 15.5. The zero-order chi connectivity index (χ0) is 18.9. The Labute approximate surface area is 158 Å². The van der Waals surface area contributed by atoms with Crippen LogP contribution in [0.1, 0.15) is 44.3 Å². The van der Waals surface area contributed by atoms with E-state index in [1.54, 1.807) is 12.1 Å². The summed E-state index contributed by atoms with van der Waals surface area (Å²) in [6.45, 7) is 0.0866. The molecule has 4 aliphatic rings. The van der Waals surface area contributed by atoms with Crippen molar-refractivity contribution in [3.63, 3.8) is 0 Å². The number of amides is 3. The molecule has 3 N–H and O–H groups in total. The molecule has 1 aromatic heterocycles. The largest absolute Gasteiger partial charge is 0.467 e. The molecule has 27 heavy (non-hydrogen) atoms. The molecule has 5 rings (SSSR count). The predicted octanol–water partition coefficient (Wildman–Crippen LogP) is 1.34. The van der Waals surface area contributed by atoms with Gasteiger partial charge in [0.15, 0.2) is 0 Å². The van der Waals surface area contributed by atoms with Crippen molar-refractivity contribution in [1.82, 2.24) is 16.0 Å². The molecule has 1 heterocycles. The van der Waals surface area contributed by atoms with Crippen LogP contribution >= 0.6 is 0 Å². The van der Waals surface area contributed by atoms with Crippen LogP contribution in [0.25, 0.3) is 0 Å². The van der Waals surface area contributed by atoms with Crippen molar-refractivity contribution in [2.24, 2.45) is 23.2 Å². The van der Waals surface area contributed by atoms with E-state index < -0.39 is 0 Å². The first-order valence-electron chi connectivity index (χ1n) is 9.86. The van der Waals surface area contributed by atoms with E-state index in [0.717, 1.165) is 19.3 Å². The van der Waals surface area contributed by atoms with Crippen LogP contribution in [0.15, 0.2) is 22.8 Å². The maximum atomic E-state index is 12.8. The smallest absolute Gasteiger partial charge is 0.239 e. The SMILES string of the molecule is O=C(CNC(=O)CNC(=O)C12CC3CC(CC(C3)C1)C2)NCc1ccco1. The lowest BCUT2D eigenvalue weighted by molar-refractivity contribution is -0.147. The molecule has 0 atom stereocenters. The first kappa shape index (κ1) is 18.1. The summed E-state index contributed by atoms with van der Waals surface area (Å²) < 4.78 is 5.13. The zero-order valence-electron chi connectivity index (χ0n) is 15.5. The van der Waals surface area contributed by atoms with Crippen LogP contribution in [0.4, 0.5) is 0 Å². The van der Waals surface area contributed by atoms with Gasteiger partial charge < -0.3 is 20.4 Å². The molecule has 0 spiro atoms. The molecule has 7 nitrogen and oxygen atoms in total. The Morgan fingerprint density at radius 1 is 0.926 bits per heavy atom. The van der Waals surface area contributed by atoms with Crippen LogP contribution in [0.5, 0.6) is 0 Å². The van der Waals surface area contributed by atoms with Gasteiger partial charge >= 0.3 is 0 Å². The van der Waals surface area contributed by atoms with Gasteiger partial charge in [-0.15, -0.1) is 0 Å². The second-order valence-electron chi connectivity index (χ2n) is 8.51. The molecule has 4 saturated carbocycles. The molecule has 0 radical (unpaired) electrons. The van der Waals surface area contributed by atoms with Crippen LogP contribution in [0.2, 0.25) is 0 Å². The molecular weight excluding hydrogens is 346 g/mol. The Morgan fingerprint density at radius 2 is 1.52 bits per heavy atom. The van der Waals surface area contributed by atoms with Gasteiger partial charge in [-0.25, -0.2) is 0 Å². The monoisotopic (exact) mass is 373 g/mol. The number of rotatable bonds is 7. The van der Waals surface area contributed by atoms with Crippen molar-refractivity contribution in [3.05, 3.63) is 24.2 Å². The van der Waals surface area contributed by atoms with Crippen LogP contribution in [-0.2, 0) is 20.9 Å². The lowest BCUT2D eigenvalue weighted by atomic mass is 9.49. The summed E-state index contributed by atoms with van der Waals surface area (Å²) in [5, 5.41) is 8.02. The van der Waals surface area contributed by atoms with Gasteiger partial charge in [0.1, 0.15) is 5.76 Å². The molecule has 0 aromatic carbocycles. The second-order valence-corrected chi connectivity index (χ2v) is 8.51. The maximum Gasteiger partial charge on any atom is 0.239 e. The maximum absolute atomic E-state index is 12.8. The van der Waals surface area contributed by atoms with E-state index >= 15 is 0 Å². The highest BCUT2D eigenvalue weighted by Gasteiger charge is 2.54. The standard InChI is InChI=1S/C20H27N3O4/c24-17(21-10-16-2-1-3-27-16)11-22-18(25)12-23-19(26)20-7-13-4-14(8-20)6-15(5-13)9-20/h1-3,13-15H,4-12H2,(H,21,24)(H,22,25)(H,23,26). The van der Waals surface area contributed by atoms with Gasteiger partial charge in [0.25, 0.3) is 0 Å². The molecular formula is C20H27N3O4. The molecule has 146 valence electrons. The topological polar surface area (TPSA) is 100 Å². The number of hydrogen-bond donors (Lipinski definition) is 3. The van der Waals surface area contributed by atoms with Gasteiger partial charge in [0.2, 0.25) is 17.7 Å². The molecule has 4 aliphatic carbocycles. The Hall–Kier alpha value is -2.31. The third-order valence-corrected chi connectivity index (χ3v) is 6.42. The quantitative estimate of drug-likeness (QED) is 0.671. The molecule has 7 heteroatoms. The fourth-order valence-corrected chi connectivity index (χ4v) is 5.64. The molecule has 4 fully saturated rings. The van der Waals surface area contributed by atoms with E-state index in [-0.39, 0.29) is 42.8 Å². The minimum atomic E-state index is -0.346. The normalized spacial score (nSPS) is 30.7. The molecule has 0 unspecified atom stereocenters. The van der Waals surface area contributed by atoms with Crippen molar-refractivity contribution in [2.45, 2.75) is 45.1 Å². The third-order valence-electron chi connectivity index (χ3n) is 6.42. The predicted molar refractivity (Wildman–Crippen MR) is 97.2 cm³/mol. The van der Waals surface area contributed by atoms with Crippen LogP contribution in [0, 0.1) is 23.2 Å². The Balaban J connectivity index is 1.18. The van der Waals surface area contributed by atoms with Gasteiger partial charge in [-0.1, -0.05) is 0 Å². The minimum Gasteiger partial charge on any atom is -0.467 e. The van der Waals surface area contributed by atoms with E-state index in [1.165, 1.54) is 25.5 Å². The summed E-state index contributed by atoms with van der Waals surface area (Å²) in [7, 11) is 0. The fraction of sp³-hybridized carbons (Fsp3) is 0.650.